The number of ether oxygens (including phenoxy) is 4. The Morgan fingerprint density at radius 2 is 1.16 bits per heavy atom. The first-order chi connectivity index (χ1) is 19.1. The van der Waals surface area contributed by atoms with Crippen molar-refractivity contribution in [1.29, 1.82) is 0 Å². The van der Waals surface area contributed by atoms with Crippen molar-refractivity contribution < 1.29 is 99.6 Å². The molecule has 246 valence electrons. The molecule has 0 aromatic heterocycles. The Kier molecular flexibility index (Phi) is 9.14. The van der Waals surface area contributed by atoms with E-state index >= 15 is 0 Å². The minimum Gasteiger partial charge on any atom is -0.451 e. The van der Waals surface area contributed by atoms with Crippen molar-refractivity contribution in [2.75, 3.05) is 6.61 Å². The Bertz CT molecular complexity index is 1110. The lowest BCUT2D eigenvalue weighted by molar-refractivity contribution is -0.366. The lowest BCUT2D eigenvalue weighted by atomic mass is 9.90. The van der Waals surface area contributed by atoms with Gasteiger partial charge in [0.2, 0.25) is 0 Å². The maximum atomic E-state index is 14.1. The van der Waals surface area contributed by atoms with Crippen molar-refractivity contribution in [3.8, 4) is 0 Å². The molecule has 43 heavy (non-hydrogen) atoms. The molecule has 0 amide bonds. The molecule has 0 aromatic rings. The first-order valence-corrected chi connectivity index (χ1v) is 11.2. The zero-order valence-corrected chi connectivity index (χ0v) is 20.8. The number of rotatable bonds is 10. The summed E-state index contributed by atoms with van der Waals surface area (Å²) in [5.74, 6) is -47.4. The largest absolute Gasteiger partial charge is 0.460 e. The fourth-order valence-corrected chi connectivity index (χ4v) is 4.15. The lowest BCUT2D eigenvalue weighted by Crippen LogP contribution is -2.64. The van der Waals surface area contributed by atoms with Gasteiger partial charge in [-0.2, -0.15) is 61.5 Å². The maximum Gasteiger partial charge on any atom is 0.460 e. The fraction of sp³-hybridized carbons (Fsp3) is 0.714. The highest BCUT2D eigenvalue weighted by atomic mass is 19.4. The summed E-state index contributed by atoms with van der Waals surface area (Å²) in [7, 11) is 0. The van der Waals surface area contributed by atoms with Gasteiger partial charge in [-0.1, -0.05) is 6.58 Å². The molecule has 8 nitrogen and oxygen atoms in total. The molecule has 2 aliphatic rings. The van der Waals surface area contributed by atoms with Crippen molar-refractivity contribution >= 4 is 23.9 Å². The number of hydrogen-bond acceptors (Lipinski definition) is 8. The fourth-order valence-electron chi connectivity index (χ4n) is 4.15. The third-order valence-electron chi connectivity index (χ3n) is 6.31. The van der Waals surface area contributed by atoms with Gasteiger partial charge in [0.1, 0.15) is 0 Å². The van der Waals surface area contributed by atoms with Gasteiger partial charge in [-0.05, 0) is 26.2 Å². The third-order valence-corrected chi connectivity index (χ3v) is 6.31. The zero-order chi connectivity index (χ0) is 33.8. The van der Waals surface area contributed by atoms with Gasteiger partial charge in [0.15, 0.2) is 12.7 Å². The second-order valence-corrected chi connectivity index (χ2v) is 9.33. The number of carbonyl (C=O) groups excluding carboxylic acids is 4. The monoisotopic (exact) mass is 662 g/mol. The number of alkyl halides is 14. The lowest BCUT2D eigenvalue weighted by Gasteiger charge is -2.42. The van der Waals surface area contributed by atoms with E-state index < -0.39 is 103 Å². The molecule has 0 spiro atoms. The summed E-state index contributed by atoms with van der Waals surface area (Å²) in [6, 6.07) is 0. The average Bonchev–Trinajstić information content (AvgIpc) is 3.42. The molecule has 0 saturated heterocycles. The van der Waals surface area contributed by atoms with Gasteiger partial charge in [-0.25, -0.2) is 19.2 Å². The number of esters is 4. The molecule has 2 aliphatic carbocycles. The van der Waals surface area contributed by atoms with Gasteiger partial charge in [-0.15, -0.1) is 0 Å². The number of carbonyl (C=O) groups is 4. The molecule has 0 N–H and O–H groups in total. The number of hydrogen-bond donors (Lipinski definition) is 0. The molecule has 0 aromatic carbocycles. The molecule has 2 fully saturated rings. The van der Waals surface area contributed by atoms with Gasteiger partial charge < -0.3 is 18.9 Å². The van der Waals surface area contributed by atoms with Crippen LogP contribution in [0, 0.1) is 11.8 Å². The van der Waals surface area contributed by atoms with E-state index in [0.29, 0.717) is 0 Å². The molecule has 3 atom stereocenters. The molecule has 3 unspecified atom stereocenters. The third kappa shape index (κ3) is 6.04. The van der Waals surface area contributed by atoms with Crippen molar-refractivity contribution in [3.05, 3.63) is 12.2 Å². The van der Waals surface area contributed by atoms with Crippen molar-refractivity contribution in [2.45, 2.75) is 74.1 Å². The molecule has 0 heterocycles. The van der Waals surface area contributed by atoms with E-state index in [1.54, 1.807) is 0 Å². The summed E-state index contributed by atoms with van der Waals surface area (Å²) in [5, 5.41) is 0. The molecule has 2 bridgehead atoms. The Labute approximate surface area is 229 Å². The van der Waals surface area contributed by atoms with E-state index in [4.69, 9.17) is 0 Å². The van der Waals surface area contributed by atoms with Gasteiger partial charge in [0.25, 0.3) is 5.79 Å². The van der Waals surface area contributed by atoms with E-state index in [1.165, 1.54) is 0 Å². The zero-order valence-electron chi connectivity index (χ0n) is 20.8. The summed E-state index contributed by atoms with van der Waals surface area (Å²) in [6.45, 7) is 2.70. The normalized spacial score (nSPS) is 22.5. The quantitative estimate of drug-likeness (QED) is 0.107. The van der Waals surface area contributed by atoms with Crippen LogP contribution in [-0.4, -0.2) is 78.4 Å². The van der Waals surface area contributed by atoms with Crippen LogP contribution in [0.25, 0.3) is 0 Å². The van der Waals surface area contributed by atoms with Crippen LogP contribution in [0.5, 0.6) is 0 Å². The van der Waals surface area contributed by atoms with Gasteiger partial charge >= 0.3 is 59.9 Å². The van der Waals surface area contributed by atoms with Crippen LogP contribution in [0.3, 0.4) is 0 Å². The van der Waals surface area contributed by atoms with Crippen molar-refractivity contribution in [3.63, 3.8) is 0 Å². The highest BCUT2D eigenvalue weighted by Crippen LogP contribution is 2.57. The topological polar surface area (TPSA) is 105 Å². The van der Waals surface area contributed by atoms with Crippen LogP contribution in [-0.2, 0) is 38.1 Å². The van der Waals surface area contributed by atoms with Gasteiger partial charge in [0, 0.05) is 17.4 Å². The van der Waals surface area contributed by atoms with Crippen molar-refractivity contribution in [1.82, 2.24) is 0 Å². The average molecular weight is 662 g/mol. The molecule has 2 saturated carbocycles. The van der Waals surface area contributed by atoms with Crippen molar-refractivity contribution in [2.24, 2.45) is 11.8 Å². The standard InChI is InChI=1S/C21H16F14O8/c1-7(2)12(37)40-6-10(36)41-11-8-3-4-9(5-8)15(11,42-13(38)16(22,23)18(26,27)20(30,31)32)43-14(39)17(24,25)19(28,29)21(33,34)35/h8-9,11H,1,3-6H2,2H3. The first-order valence-electron chi connectivity index (χ1n) is 11.2. The predicted octanol–water partition coefficient (Wildman–Crippen LogP) is 4.90. The summed E-state index contributed by atoms with van der Waals surface area (Å²) in [4.78, 5) is 47.7. The summed E-state index contributed by atoms with van der Waals surface area (Å²) >= 11 is 0. The highest BCUT2D eigenvalue weighted by molar-refractivity contribution is 5.88. The van der Waals surface area contributed by atoms with E-state index in [0.717, 1.165) is 6.92 Å². The summed E-state index contributed by atoms with van der Waals surface area (Å²) in [6.07, 6.45) is -18.9. The first kappa shape index (κ1) is 35.8. The summed E-state index contributed by atoms with van der Waals surface area (Å²) < 4.78 is 202. The van der Waals surface area contributed by atoms with E-state index in [1.807, 2.05) is 0 Å². The molecule has 0 radical (unpaired) electrons. The molecular weight excluding hydrogens is 646 g/mol. The Morgan fingerprint density at radius 1 is 0.744 bits per heavy atom. The summed E-state index contributed by atoms with van der Waals surface area (Å²) in [5.41, 5.74) is -0.342. The van der Waals surface area contributed by atoms with Crippen LogP contribution in [0.1, 0.15) is 26.2 Å². The van der Waals surface area contributed by atoms with Crippen LogP contribution >= 0.6 is 0 Å². The van der Waals surface area contributed by atoms with Crippen LogP contribution in [0.15, 0.2) is 12.2 Å². The van der Waals surface area contributed by atoms with Crippen LogP contribution < -0.4 is 0 Å². The van der Waals surface area contributed by atoms with E-state index in [9.17, 15) is 80.6 Å². The van der Waals surface area contributed by atoms with Crippen LogP contribution in [0.2, 0.25) is 0 Å². The SMILES string of the molecule is C=C(C)C(=O)OCC(=O)OC1C2CCC(C2)C1(OC(=O)C(F)(F)C(F)(F)C(F)(F)F)OC(=O)C(F)(F)C(F)(F)C(F)(F)F. The van der Waals surface area contributed by atoms with Gasteiger partial charge in [0.05, 0.1) is 0 Å². The Morgan fingerprint density at radius 3 is 1.53 bits per heavy atom. The number of fused-ring (bicyclic) bond motifs is 2. The highest BCUT2D eigenvalue weighted by Gasteiger charge is 2.81. The Hall–Kier alpha value is -3.36. The second-order valence-electron chi connectivity index (χ2n) is 9.33. The maximum absolute atomic E-state index is 14.1. The van der Waals surface area contributed by atoms with Gasteiger partial charge in [-0.3, -0.25) is 0 Å². The van der Waals surface area contributed by atoms with Crippen LogP contribution in [0.4, 0.5) is 61.5 Å². The Balaban J connectivity index is 2.61. The second kappa shape index (κ2) is 11.0. The molecule has 0 aliphatic heterocycles. The minimum atomic E-state index is -7.28. The van der Waals surface area contributed by atoms with E-state index in [-0.39, 0.29) is 12.0 Å². The molecule has 22 heteroatoms. The smallest absolute Gasteiger partial charge is 0.451 e. The molecule has 2 rings (SSSR count). The molecular formula is C21H16F14O8. The number of halogens is 14. The van der Waals surface area contributed by atoms with E-state index in [2.05, 4.69) is 25.5 Å². The minimum absolute atomic E-state index is 0.310. The predicted molar refractivity (Wildman–Crippen MR) is 103 cm³/mol.